The largest absolute Gasteiger partial charge is 0.491 e. The second-order valence-electron chi connectivity index (χ2n) is 3.64. The van der Waals surface area contributed by atoms with Crippen molar-refractivity contribution in [1.29, 1.82) is 0 Å². The van der Waals surface area contributed by atoms with E-state index in [4.69, 9.17) is 14.6 Å². The summed E-state index contributed by atoms with van der Waals surface area (Å²) in [6.45, 7) is 0.319. The Hall–Kier alpha value is -1.59. The molecular formula is C12H16O5. The summed E-state index contributed by atoms with van der Waals surface area (Å²) in [6.07, 6.45) is -0.735. The summed E-state index contributed by atoms with van der Waals surface area (Å²) in [5, 5.41) is 18.0. The molecule has 0 heterocycles. The summed E-state index contributed by atoms with van der Waals surface area (Å²) in [5.41, 5.74) is 0.663. The van der Waals surface area contributed by atoms with Crippen molar-refractivity contribution in [3.8, 4) is 5.75 Å². The second-order valence-corrected chi connectivity index (χ2v) is 3.64. The normalized spacial score (nSPS) is 12.1. The van der Waals surface area contributed by atoms with Crippen molar-refractivity contribution >= 4 is 5.97 Å². The Morgan fingerprint density at radius 1 is 1.41 bits per heavy atom. The summed E-state index contributed by atoms with van der Waals surface area (Å²) in [4.78, 5) is 10.5. The summed E-state index contributed by atoms with van der Waals surface area (Å²) in [7, 11) is 1.50. The lowest BCUT2D eigenvalue weighted by atomic mass is 10.1. The maximum atomic E-state index is 10.5. The van der Waals surface area contributed by atoms with E-state index in [0.717, 1.165) is 0 Å². The quantitative estimate of drug-likeness (QED) is 0.733. The van der Waals surface area contributed by atoms with Gasteiger partial charge in [0.1, 0.15) is 18.5 Å². The first-order chi connectivity index (χ1) is 8.11. The third kappa shape index (κ3) is 5.33. The van der Waals surface area contributed by atoms with E-state index in [2.05, 4.69) is 0 Å². The lowest BCUT2D eigenvalue weighted by molar-refractivity contribution is -0.136. The molecule has 0 radical (unpaired) electrons. The molecule has 1 aromatic rings. The molecule has 0 amide bonds. The molecule has 0 aromatic heterocycles. The van der Waals surface area contributed by atoms with Gasteiger partial charge in [0.05, 0.1) is 13.0 Å². The highest BCUT2D eigenvalue weighted by atomic mass is 16.5. The molecular weight excluding hydrogens is 224 g/mol. The van der Waals surface area contributed by atoms with E-state index in [1.165, 1.54) is 7.11 Å². The number of aliphatic hydroxyl groups excluding tert-OH is 1. The van der Waals surface area contributed by atoms with Gasteiger partial charge in [-0.2, -0.15) is 0 Å². The summed E-state index contributed by atoms with van der Waals surface area (Å²) in [5.74, 6) is -0.347. The Morgan fingerprint density at radius 3 is 2.82 bits per heavy atom. The van der Waals surface area contributed by atoms with E-state index in [1.54, 1.807) is 24.3 Å². The smallest absolute Gasteiger partial charge is 0.307 e. The molecule has 0 fully saturated rings. The van der Waals surface area contributed by atoms with Crippen LogP contribution in [0.3, 0.4) is 0 Å². The Balaban J connectivity index is 2.50. The Labute approximate surface area is 99.6 Å². The SMILES string of the molecule is COCC(O)COc1cccc(CC(=O)O)c1. The first kappa shape index (κ1) is 13.5. The molecule has 1 unspecified atom stereocenters. The lowest BCUT2D eigenvalue weighted by Gasteiger charge is -2.11. The van der Waals surface area contributed by atoms with Gasteiger partial charge in [-0.05, 0) is 17.7 Å². The van der Waals surface area contributed by atoms with Gasteiger partial charge in [-0.15, -0.1) is 0 Å². The number of aliphatic hydroxyl groups is 1. The maximum Gasteiger partial charge on any atom is 0.307 e. The molecule has 0 saturated carbocycles. The van der Waals surface area contributed by atoms with Gasteiger partial charge in [0, 0.05) is 7.11 Å². The molecule has 0 aliphatic carbocycles. The number of carboxylic acids is 1. The molecule has 0 aliphatic rings. The number of hydrogen-bond donors (Lipinski definition) is 2. The van der Waals surface area contributed by atoms with E-state index >= 15 is 0 Å². The second kappa shape index (κ2) is 6.88. The predicted molar refractivity (Wildman–Crippen MR) is 61.2 cm³/mol. The fraction of sp³-hybridized carbons (Fsp3) is 0.417. The summed E-state index contributed by atoms with van der Waals surface area (Å²) < 4.78 is 10.1. The number of ether oxygens (including phenoxy) is 2. The third-order valence-electron chi connectivity index (χ3n) is 2.06. The number of benzene rings is 1. The molecule has 0 aliphatic heterocycles. The van der Waals surface area contributed by atoms with E-state index in [9.17, 15) is 9.90 Å². The van der Waals surface area contributed by atoms with E-state index in [1.807, 2.05) is 0 Å². The van der Waals surface area contributed by atoms with Crippen molar-refractivity contribution in [3.63, 3.8) is 0 Å². The average molecular weight is 240 g/mol. The number of aliphatic carboxylic acids is 1. The topological polar surface area (TPSA) is 76.0 Å². The van der Waals surface area contributed by atoms with Crippen LogP contribution in [0.1, 0.15) is 5.56 Å². The molecule has 5 nitrogen and oxygen atoms in total. The van der Waals surface area contributed by atoms with Gasteiger partial charge < -0.3 is 19.7 Å². The molecule has 17 heavy (non-hydrogen) atoms. The Bertz CT molecular complexity index is 364. The molecule has 1 atom stereocenters. The van der Waals surface area contributed by atoms with Crippen LogP contribution < -0.4 is 4.74 Å². The summed E-state index contributed by atoms with van der Waals surface area (Å²) >= 11 is 0. The highest BCUT2D eigenvalue weighted by molar-refractivity contribution is 5.70. The van der Waals surface area contributed by atoms with Gasteiger partial charge in [0.15, 0.2) is 0 Å². The van der Waals surface area contributed by atoms with Crippen LogP contribution in [-0.4, -0.2) is 42.6 Å². The van der Waals surface area contributed by atoms with E-state index in [-0.39, 0.29) is 19.6 Å². The molecule has 0 saturated heterocycles. The van der Waals surface area contributed by atoms with Crippen LogP contribution in [0, 0.1) is 0 Å². The van der Waals surface area contributed by atoms with Crippen LogP contribution in [0.5, 0.6) is 5.75 Å². The number of hydrogen-bond acceptors (Lipinski definition) is 4. The van der Waals surface area contributed by atoms with Gasteiger partial charge in [-0.25, -0.2) is 0 Å². The predicted octanol–water partition coefficient (Wildman–Crippen LogP) is 0.700. The van der Waals surface area contributed by atoms with Crippen LogP contribution in [-0.2, 0) is 16.0 Å². The van der Waals surface area contributed by atoms with Crippen LogP contribution in [0.4, 0.5) is 0 Å². The lowest BCUT2D eigenvalue weighted by Crippen LogP contribution is -2.22. The minimum atomic E-state index is -0.887. The van der Waals surface area contributed by atoms with Gasteiger partial charge in [0.25, 0.3) is 0 Å². The highest BCUT2D eigenvalue weighted by Crippen LogP contribution is 2.14. The number of carbonyl (C=O) groups is 1. The molecule has 1 rings (SSSR count). The molecule has 1 aromatic carbocycles. The van der Waals surface area contributed by atoms with Crippen LogP contribution >= 0.6 is 0 Å². The molecule has 0 bridgehead atoms. The Morgan fingerprint density at radius 2 is 2.18 bits per heavy atom. The number of rotatable bonds is 7. The summed E-state index contributed by atoms with van der Waals surface area (Å²) in [6, 6.07) is 6.79. The van der Waals surface area contributed by atoms with Gasteiger partial charge in [-0.1, -0.05) is 12.1 Å². The fourth-order valence-corrected chi connectivity index (χ4v) is 1.35. The van der Waals surface area contributed by atoms with Gasteiger partial charge in [-0.3, -0.25) is 4.79 Å². The van der Waals surface area contributed by atoms with E-state index in [0.29, 0.717) is 11.3 Å². The first-order valence-corrected chi connectivity index (χ1v) is 5.22. The average Bonchev–Trinajstić information content (AvgIpc) is 2.26. The van der Waals surface area contributed by atoms with Gasteiger partial charge >= 0.3 is 5.97 Å². The third-order valence-corrected chi connectivity index (χ3v) is 2.06. The van der Waals surface area contributed by atoms with Gasteiger partial charge in [0.2, 0.25) is 0 Å². The molecule has 2 N–H and O–H groups in total. The van der Waals surface area contributed by atoms with Crippen LogP contribution in [0.25, 0.3) is 0 Å². The van der Waals surface area contributed by atoms with Crippen molar-refractivity contribution in [1.82, 2.24) is 0 Å². The zero-order valence-corrected chi connectivity index (χ0v) is 9.63. The van der Waals surface area contributed by atoms with Crippen LogP contribution in [0.2, 0.25) is 0 Å². The van der Waals surface area contributed by atoms with Crippen molar-refractivity contribution in [2.45, 2.75) is 12.5 Å². The minimum absolute atomic E-state index is 0.0438. The van der Waals surface area contributed by atoms with Crippen molar-refractivity contribution in [3.05, 3.63) is 29.8 Å². The van der Waals surface area contributed by atoms with Crippen molar-refractivity contribution < 1.29 is 24.5 Å². The zero-order valence-electron chi connectivity index (χ0n) is 9.63. The highest BCUT2D eigenvalue weighted by Gasteiger charge is 2.06. The number of methoxy groups -OCH3 is 1. The molecule has 5 heteroatoms. The van der Waals surface area contributed by atoms with Crippen LogP contribution in [0.15, 0.2) is 24.3 Å². The van der Waals surface area contributed by atoms with E-state index < -0.39 is 12.1 Å². The standard InChI is InChI=1S/C12H16O5/c1-16-7-10(13)8-17-11-4-2-3-9(5-11)6-12(14)15/h2-5,10,13H,6-8H2,1H3,(H,14,15). The van der Waals surface area contributed by atoms with Crippen molar-refractivity contribution in [2.75, 3.05) is 20.3 Å². The van der Waals surface area contributed by atoms with Crippen molar-refractivity contribution in [2.24, 2.45) is 0 Å². The first-order valence-electron chi connectivity index (χ1n) is 5.22. The zero-order chi connectivity index (χ0) is 12.7. The monoisotopic (exact) mass is 240 g/mol. The molecule has 94 valence electrons. The minimum Gasteiger partial charge on any atom is -0.491 e. The molecule has 0 spiro atoms. The fourth-order valence-electron chi connectivity index (χ4n) is 1.35. The maximum absolute atomic E-state index is 10.5. The number of carboxylic acid groups (broad SMARTS) is 1. The Kier molecular flexibility index (Phi) is 5.45.